The molecule has 0 fully saturated rings. The fraction of sp³-hybridized carbons (Fsp3) is 0.133. The van der Waals surface area contributed by atoms with Gasteiger partial charge < -0.3 is 10.2 Å². The number of nitrogens with one attached hydrogen (secondary N) is 2. The Balaban J connectivity index is 1.90. The third-order valence-corrected chi connectivity index (χ3v) is 3.35. The summed E-state index contributed by atoms with van der Waals surface area (Å²) in [6.07, 6.45) is 5.00. The number of rotatable bonds is 3. The standard InChI is InChI=1S/C15H14FN5O/c1-17-15(22)12-9-21(7-6-18-12)13-8-19-20-14(13)10-2-4-11(16)5-3-10/h2-8H,9H2,1H3,(H,17,22)(H,19,20). The first-order valence-electron chi connectivity index (χ1n) is 6.70. The molecule has 1 amide bonds. The van der Waals surface area contributed by atoms with Crippen molar-refractivity contribution in [2.75, 3.05) is 18.5 Å². The Bertz CT molecular complexity index is 748. The molecule has 0 unspecified atom stereocenters. The van der Waals surface area contributed by atoms with Crippen LogP contribution in [0.25, 0.3) is 11.3 Å². The van der Waals surface area contributed by atoms with Crippen LogP contribution in [-0.2, 0) is 4.79 Å². The van der Waals surface area contributed by atoms with Crippen LogP contribution in [0.3, 0.4) is 0 Å². The number of aliphatic imine (C=N–C) groups is 1. The molecule has 0 bridgehead atoms. The van der Waals surface area contributed by atoms with Gasteiger partial charge in [-0.3, -0.25) is 14.9 Å². The number of aromatic amines is 1. The van der Waals surface area contributed by atoms with Crippen LogP contribution in [0.2, 0.25) is 0 Å². The van der Waals surface area contributed by atoms with E-state index in [1.807, 2.05) is 4.90 Å². The molecule has 2 heterocycles. The van der Waals surface area contributed by atoms with Crippen LogP contribution in [0.15, 0.2) is 47.9 Å². The number of carbonyl (C=O) groups excluding carboxylic acids is 1. The SMILES string of the molecule is CNC(=O)C1=NC=CN(c2cn[nH]c2-c2ccc(F)cc2)C1. The van der Waals surface area contributed by atoms with Crippen LogP contribution < -0.4 is 10.2 Å². The second kappa shape index (κ2) is 5.80. The van der Waals surface area contributed by atoms with Gasteiger partial charge in [-0.1, -0.05) is 0 Å². The van der Waals surface area contributed by atoms with Gasteiger partial charge in [0.1, 0.15) is 11.5 Å². The predicted octanol–water partition coefficient (Wildman–Crippen LogP) is 1.69. The highest BCUT2D eigenvalue weighted by Crippen LogP contribution is 2.29. The lowest BCUT2D eigenvalue weighted by Gasteiger charge is -2.22. The molecule has 6 nitrogen and oxygen atoms in total. The van der Waals surface area contributed by atoms with Gasteiger partial charge in [0, 0.05) is 25.0 Å². The summed E-state index contributed by atoms with van der Waals surface area (Å²) in [7, 11) is 1.56. The molecule has 0 spiro atoms. The van der Waals surface area contributed by atoms with E-state index in [1.165, 1.54) is 12.1 Å². The van der Waals surface area contributed by atoms with Crippen LogP contribution in [-0.4, -0.2) is 35.4 Å². The first-order valence-corrected chi connectivity index (χ1v) is 6.70. The second-order valence-electron chi connectivity index (χ2n) is 4.72. The van der Waals surface area contributed by atoms with E-state index in [-0.39, 0.29) is 11.7 Å². The van der Waals surface area contributed by atoms with Gasteiger partial charge >= 0.3 is 0 Å². The molecular weight excluding hydrogens is 285 g/mol. The maximum absolute atomic E-state index is 13.1. The Kier molecular flexibility index (Phi) is 3.69. The zero-order valence-electron chi connectivity index (χ0n) is 11.9. The van der Waals surface area contributed by atoms with Crippen molar-refractivity contribution in [3.8, 4) is 11.3 Å². The number of hydrogen-bond donors (Lipinski definition) is 2. The second-order valence-corrected chi connectivity index (χ2v) is 4.72. The molecule has 2 N–H and O–H groups in total. The number of amides is 1. The highest BCUT2D eigenvalue weighted by Gasteiger charge is 2.20. The van der Waals surface area contributed by atoms with Crippen molar-refractivity contribution in [3.63, 3.8) is 0 Å². The van der Waals surface area contributed by atoms with E-state index in [0.717, 1.165) is 16.9 Å². The lowest BCUT2D eigenvalue weighted by atomic mass is 10.1. The van der Waals surface area contributed by atoms with Gasteiger partial charge in [-0.25, -0.2) is 4.39 Å². The van der Waals surface area contributed by atoms with Crippen molar-refractivity contribution < 1.29 is 9.18 Å². The minimum Gasteiger partial charge on any atom is -0.354 e. The molecule has 1 aliphatic heterocycles. The third kappa shape index (κ3) is 2.60. The number of nitrogens with zero attached hydrogens (tertiary/aromatic N) is 3. The Morgan fingerprint density at radius 1 is 1.36 bits per heavy atom. The van der Waals surface area contributed by atoms with Gasteiger partial charge in [-0.15, -0.1) is 0 Å². The lowest BCUT2D eigenvalue weighted by Crippen LogP contribution is -2.37. The molecule has 3 rings (SSSR count). The minimum absolute atomic E-state index is 0.221. The highest BCUT2D eigenvalue weighted by molar-refractivity contribution is 6.40. The van der Waals surface area contributed by atoms with Crippen molar-refractivity contribution >= 4 is 17.3 Å². The Hall–Kier alpha value is -2.96. The average Bonchev–Trinajstić information content (AvgIpc) is 3.04. The monoisotopic (exact) mass is 299 g/mol. The molecule has 0 aliphatic carbocycles. The van der Waals surface area contributed by atoms with Gasteiger partial charge in [0.15, 0.2) is 0 Å². The number of carbonyl (C=O) groups is 1. The summed E-state index contributed by atoms with van der Waals surface area (Å²) in [4.78, 5) is 17.6. The zero-order chi connectivity index (χ0) is 15.5. The normalized spacial score (nSPS) is 13.9. The van der Waals surface area contributed by atoms with E-state index < -0.39 is 0 Å². The molecule has 112 valence electrons. The average molecular weight is 299 g/mol. The van der Waals surface area contributed by atoms with Crippen LogP contribution in [0, 0.1) is 5.82 Å². The van der Waals surface area contributed by atoms with Crippen molar-refractivity contribution in [1.82, 2.24) is 15.5 Å². The molecule has 0 atom stereocenters. The Labute approximate surface area is 126 Å². The van der Waals surface area contributed by atoms with Gasteiger partial charge in [-0.05, 0) is 24.3 Å². The van der Waals surface area contributed by atoms with E-state index >= 15 is 0 Å². The van der Waals surface area contributed by atoms with Crippen molar-refractivity contribution in [2.24, 2.45) is 4.99 Å². The van der Waals surface area contributed by atoms with Crippen LogP contribution in [0.4, 0.5) is 10.1 Å². The summed E-state index contributed by atoms with van der Waals surface area (Å²) >= 11 is 0. The maximum Gasteiger partial charge on any atom is 0.267 e. The summed E-state index contributed by atoms with van der Waals surface area (Å²) in [6.45, 7) is 0.337. The van der Waals surface area contributed by atoms with Gasteiger partial charge in [0.2, 0.25) is 0 Å². The summed E-state index contributed by atoms with van der Waals surface area (Å²) in [5.41, 5.74) is 2.77. The molecular formula is C15H14FN5O. The molecule has 0 saturated carbocycles. The summed E-state index contributed by atoms with van der Waals surface area (Å²) < 4.78 is 13.1. The number of hydrogen-bond acceptors (Lipinski definition) is 4. The number of anilines is 1. The largest absolute Gasteiger partial charge is 0.354 e. The topological polar surface area (TPSA) is 73.4 Å². The molecule has 2 aromatic rings. The van der Waals surface area contributed by atoms with Crippen LogP contribution in [0.5, 0.6) is 0 Å². The summed E-state index contributed by atoms with van der Waals surface area (Å²) in [5.74, 6) is -0.516. The maximum atomic E-state index is 13.1. The van der Waals surface area contributed by atoms with Crippen LogP contribution in [0.1, 0.15) is 0 Å². The zero-order valence-corrected chi connectivity index (χ0v) is 11.9. The molecule has 0 radical (unpaired) electrons. The van der Waals surface area contributed by atoms with E-state index in [1.54, 1.807) is 37.8 Å². The first kappa shape index (κ1) is 14.0. The Morgan fingerprint density at radius 3 is 2.86 bits per heavy atom. The number of halogens is 1. The van der Waals surface area contributed by atoms with Gasteiger partial charge in [-0.2, -0.15) is 5.10 Å². The van der Waals surface area contributed by atoms with E-state index in [2.05, 4.69) is 20.5 Å². The predicted molar refractivity (Wildman–Crippen MR) is 82.0 cm³/mol. The number of benzene rings is 1. The van der Waals surface area contributed by atoms with E-state index in [4.69, 9.17) is 0 Å². The van der Waals surface area contributed by atoms with Crippen molar-refractivity contribution in [2.45, 2.75) is 0 Å². The minimum atomic E-state index is -0.295. The molecule has 1 aromatic carbocycles. The molecule has 1 aliphatic rings. The highest BCUT2D eigenvalue weighted by atomic mass is 19.1. The Morgan fingerprint density at radius 2 is 2.14 bits per heavy atom. The summed E-state index contributed by atoms with van der Waals surface area (Å²) in [6, 6.07) is 6.13. The fourth-order valence-electron chi connectivity index (χ4n) is 2.23. The van der Waals surface area contributed by atoms with Gasteiger partial charge in [0.05, 0.1) is 24.1 Å². The lowest BCUT2D eigenvalue weighted by molar-refractivity contribution is -0.114. The molecule has 22 heavy (non-hydrogen) atoms. The fourth-order valence-corrected chi connectivity index (χ4v) is 2.23. The quantitative estimate of drug-likeness (QED) is 0.906. The molecule has 0 saturated heterocycles. The number of aromatic nitrogens is 2. The van der Waals surface area contributed by atoms with Crippen LogP contribution >= 0.6 is 0 Å². The van der Waals surface area contributed by atoms with Crippen molar-refractivity contribution in [1.29, 1.82) is 0 Å². The molecule has 7 heteroatoms. The van der Waals surface area contributed by atoms with E-state index in [9.17, 15) is 9.18 Å². The van der Waals surface area contributed by atoms with Gasteiger partial charge in [0.25, 0.3) is 5.91 Å². The number of H-pyrrole nitrogens is 1. The molecule has 1 aromatic heterocycles. The summed E-state index contributed by atoms with van der Waals surface area (Å²) in [5, 5.41) is 9.52. The first-order chi connectivity index (χ1) is 10.7. The van der Waals surface area contributed by atoms with Crippen molar-refractivity contribution in [3.05, 3.63) is 48.7 Å². The van der Waals surface area contributed by atoms with E-state index in [0.29, 0.717) is 12.3 Å². The smallest absolute Gasteiger partial charge is 0.267 e. The third-order valence-electron chi connectivity index (χ3n) is 3.35.